The summed E-state index contributed by atoms with van der Waals surface area (Å²) in [5.41, 5.74) is 2.80. The average molecular weight is 342 g/mol. The van der Waals surface area contributed by atoms with Crippen LogP contribution in [0, 0.1) is 6.92 Å². The van der Waals surface area contributed by atoms with Crippen LogP contribution in [-0.2, 0) is 0 Å². The van der Waals surface area contributed by atoms with Gasteiger partial charge in [-0.2, -0.15) is 0 Å². The second-order valence-electron chi connectivity index (χ2n) is 4.42. The number of aromatic hydroxyl groups is 1. The summed E-state index contributed by atoms with van der Waals surface area (Å²) < 4.78 is 0.736. The van der Waals surface area contributed by atoms with E-state index in [9.17, 15) is 5.11 Å². The third kappa shape index (κ3) is 3.39. The third-order valence-electron chi connectivity index (χ3n) is 2.83. The van der Waals surface area contributed by atoms with E-state index in [4.69, 9.17) is 11.6 Å². The van der Waals surface area contributed by atoms with Gasteiger partial charge in [0.2, 0.25) is 0 Å². The molecule has 0 saturated carbocycles. The first-order valence-corrected chi connectivity index (χ1v) is 7.01. The molecule has 19 heavy (non-hydrogen) atoms. The molecule has 1 aromatic carbocycles. The van der Waals surface area contributed by atoms with Gasteiger partial charge in [-0.05, 0) is 41.9 Å². The molecule has 0 aliphatic carbocycles. The van der Waals surface area contributed by atoms with Crippen molar-refractivity contribution in [1.29, 1.82) is 0 Å². The number of anilines is 1. The minimum atomic E-state index is -0.0326. The highest BCUT2D eigenvalue weighted by Crippen LogP contribution is 2.29. The van der Waals surface area contributed by atoms with Crippen LogP contribution < -0.4 is 5.32 Å². The van der Waals surface area contributed by atoms with Crippen molar-refractivity contribution in [2.24, 2.45) is 0 Å². The molecule has 0 fully saturated rings. The van der Waals surface area contributed by atoms with Gasteiger partial charge in [-0.3, -0.25) is 0 Å². The Morgan fingerprint density at radius 2 is 2.11 bits per heavy atom. The van der Waals surface area contributed by atoms with Gasteiger partial charge >= 0.3 is 0 Å². The highest BCUT2D eigenvalue weighted by Gasteiger charge is 2.11. The number of hydrogen-bond donors (Lipinski definition) is 2. The Kier molecular flexibility index (Phi) is 4.32. The Bertz CT molecular complexity index is 604. The van der Waals surface area contributed by atoms with Crippen LogP contribution in [0.3, 0.4) is 0 Å². The molecule has 3 nitrogen and oxygen atoms in total. The number of halogens is 2. The Hall–Kier alpha value is -1.26. The molecule has 2 rings (SSSR count). The summed E-state index contributed by atoms with van der Waals surface area (Å²) in [4.78, 5) is 4.06. The van der Waals surface area contributed by atoms with Gasteiger partial charge in [0.05, 0.1) is 22.4 Å². The van der Waals surface area contributed by atoms with Crippen LogP contribution in [0.15, 0.2) is 34.9 Å². The molecule has 0 bridgehead atoms. The second-order valence-corrected chi connectivity index (χ2v) is 5.64. The van der Waals surface area contributed by atoms with Crippen LogP contribution in [0.2, 0.25) is 5.15 Å². The van der Waals surface area contributed by atoms with E-state index in [2.05, 4.69) is 26.2 Å². The average Bonchev–Trinajstić information content (AvgIpc) is 2.36. The van der Waals surface area contributed by atoms with Crippen molar-refractivity contribution in [3.05, 3.63) is 51.2 Å². The number of aromatic nitrogens is 1. The predicted octanol–water partition coefficient (Wildman–Crippen LogP) is 4.68. The van der Waals surface area contributed by atoms with E-state index in [1.54, 1.807) is 12.3 Å². The first-order chi connectivity index (χ1) is 8.97. The van der Waals surface area contributed by atoms with E-state index in [1.165, 1.54) is 0 Å². The first kappa shape index (κ1) is 14.2. The van der Waals surface area contributed by atoms with Crippen molar-refractivity contribution in [2.75, 3.05) is 5.32 Å². The van der Waals surface area contributed by atoms with Crippen LogP contribution in [0.5, 0.6) is 5.75 Å². The van der Waals surface area contributed by atoms with Crippen LogP contribution in [0.25, 0.3) is 0 Å². The molecule has 1 heterocycles. The van der Waals surface area contributed by atoms with Crippen LogP contribution in [0.1, 0.15) is 24.1 Å². The smallest absolute Gasteiger partial charge is 0.143 e. The highest BCUT2D eigenvalue weighted by molar-refractivity contribution is 9.10. The number of nitrogens with zero attached hydrogens (tertiary/aromatic N) is 1. The minimum absolute atomic E-state index is 0.0326. The summed E-state index contributed by atoms with van der Waals surface area (Å²) in [7, 11) is 0. The van der Waals surface area contributed by atoms with Gasteiger partial charge < -0.3 is 10.4 Å². The lowest BCUT2D eigenvalue weighted by atomic mass is 10.0. The number of aryl methyl sites for hydroxylation is 1. The SMILES string of the molecule is Cc1ccc(O)c(C(C)Nc2cnc(Cl)c(Br)c2)c1. The van der Waals surface area contributed by atoms with E-state index < -0.39 is 0 Å². The van der Waals surface area contributed by atoms with Gasteiger partial charge in [-0.15, -0.1) is 0 Å². The molecule has 0 aliphatic rings. The third-order valence-corrected chi connectivity index (χ3v) is 3.96. The fraction of sp³-hybridized carbons (Fsp3) is 0.214. The van der Waals surface area contributed by atoms with Crippen molar-refractivity contribution in [2.45, 2.75) is 19.9 Å². The maximum Gasteiger partial charge on any atom is 0.143 e. The van der Waals surface area contributed by atoms with Crippen molar-refractivity contribution in [3.63, 3.8) is 0 Å². The number of hydrogen-bond acceptors (Lipinski definition) is 3. The van der Waals surface area contributed by atoms with Crippen LogP contribution >= 0.6 is 27.5 Å². The van der Waals surface area contributed by atoms with E-state index >= 15 is 0 Å². The van der Waals surface area contributed by atoms with Crippen molar-refractivity contribution in [3.8, 4) is 5.75 Å². The number of pyridine rings is 1. The summed E-state index contributed by atoms with van der Waals surface area (Å²) in [6.45, 7) is 3.98. The van der Waals surface area contributed by atoms with Gasteiger partial charge in [-0.25, -0.2) is 4.98 Å². The molecule has 1 atom stereocenters. The fourth-order valence-corrected chi connectivity index (χ4v) is 2.30. The number of phenols is 1. The molecule has 0 aliphatic heterocycles. The van der Waals surface area contributed by atoms with E-state index in [0.29, 0.717) is 5.15 Å². The minimum Gasteiger partial charge on any atom is -0.508 e. The number of phenolic OH excluding ortho intramolecular Hbond substituents is 1. The zero-order valence-electron chi connectivity index (χ0n) is 10.6. The Morgan fingerprint density at radius 1 is 1.37 bits per heavy atom. The van der Waals surface area contributed by atoms with Gasteiger partial charge in [0.1, 0.15) is 10.9 Å². The largest absolute Gasteiger partial charge is 0.508 e. The molecule has 0 spiro atoms. The predicted molar refractivity (Wildman–Crippen MR) is 81.8 cm³/mol. The lowest BCUT2D eigenvalue weighted by Gasteiger charge is -2.17. The molecule has 100 valence electrons. The van der Waals surface area contributed by atoms with Gasteiger partial charge in [-0.1, -0.05) is 29.3 Å². The van der Waals surface area contributed by atoms with E-state index in [1.807, 2.05) is 32.0 Å². The lowest BCUT2D eigenvalue weighted by molar-refractivity contribution is 0.465. The standard InChI is InChI=1S/C14H14BrClN2O/c1-8-3-4-13(19)11(5-8)9(2)18-10-6-12(15)14(16)17-7-10/h3-7,9,18-19H,1-2H3. The topological polar surface area (TPSA) is 45.1 Å². The molecule has 2 aromatic rings. The number of benzene rings is 1. The lowest BCUT2D eigenvalue weighted by Crippen LogP contribution is -2.07. The summed E-state index contributed by atoms with van der Waals surface area (Å²) in [6, 6.07) is 7.38. The Morgan fingerprint density at radius 3 is 2.79 bits per heavy atom. The van der Waals surface area contributed by atoms with Crippen molar-refractivity contribution >= 4 is 33.2 Å². The Balaban J connectivity index is 2.22. The molecular formula is C14H14BrClN2O. The highest BCUT2D eigenvalue weighted by atomic mass is 79.9. The Labute approximate surface area is 125 Å². The molecule has 2 N–H and O–H groups in total. The maximum atomic E-state index is 9.90. The van der Waals surface area contributed by atoms with Crippen molar-refractivity contribution < 1.29 is 5.11 Å². The van der Waals surface area contributed by atoms with E-state index in [0.717, 1.165) is 21.3 Å². The summed E-state index contributed by atoms with van der Waals surface area (Å²) in [6.07, 6.45) is 1.66. The molecular weight excluding hydrogens is 328 g/mol. The summed E-state index contributed by atoms with van der Waals surface area (Å²) in [5.74, 6) is 0.284. The molecule has 0 amide bonds. The number of nitrogens with one attached hydrogen (secondary N) is 1. The van der Waals surface area contributed by atoms with Crippen LogP contribution in [-0.4, -0.2) is 10.1 Å². The molecule has 5 heteroatoms. The van der Waals surface area contributed by atoms with E-state index in [-0.39, 0.29) is 11.8 Å². The zero-order valence-corrected chi connectivity index (χ0v) is 13.0. The zero-order chi connectivity index (χ0) is 14.0. The first-order valence-electron chi connectivity index (χ1n) is 5.84. The fourth-order valence-electron chi connectivity index (χ4n) is 1.85. The van der Waals surface area contributed by atoms with Gasteiger partial charge in [0, 0.05) is 5.56 Å². The normalized spacial score (nSPS) is 12.2. The molecule has 1 unspecified atom stereocenters. The van der Waals surface area contributed by atoms with Crippen molar-refractivity contribution in [1.82, 2.24) is 4.98 Å². The number of rotatable bonds is 3. The monoisotopic (exact) mass is 340 g/mol. The molecule has 1 aromatic heterocycles. The molecule has 0 saturated heterocycles. The summed E-state index contributed by atoms with van der Waals surface area (Å²) in [5, 5.41) is 13.6. The molecule has 0 radical (unpaired) electrons. The quantitative estimate of drug-likeness (QED) is 0.796. The maximum absolute atomic E-state index is 9.90. The van der Waals surface area contributed by atoms with Crippen LogP contribution in [0.4, 0.5) is 5.69 Å². The second kappa shape index (κ2) is 5.80. The summed E-state index contributed by atoms with van der Waals surface area (Å²) >= 11 is 9.19. The van der Waals surface area contributed by atoms with Gasteiger partial charge in [0.25, 0.3) is 0 Å². The van der Waals surface area contributed by atoms with Gasteiger partial charge in [0.15, 0.2) is 0 Å².